The van der Waals surface area contributed by atoms with Crippen LogP contribution in [-0.2, 0) is 4.79 Å². The standard InChI is InChI=1S/C19H29N3O/c1-22(16-7-3-2-4-8-16)14-6-5-11-21-18(23)17-15-19(17)9-12-20-13-10-19/h2-4,7-8,17,20H,5-6,9-15H2,1H3,(H,21,23). The molecule has 0 radical (unpaired) electrons. The van der Waals surface area contributed by atoms with E-state index >= 15 is 0 Å². The van der Waals surface area contributed by atoms with Crippen molar-refractivity contribution in [2.24, 2.45) is 11.3 Å². The summed E-state index contributed by atoms with van der Waals surface area (Å²) in [7, 11) is 2.12. The molecule has 1 unspecified atom stereocenters. The number of nitrogens with zero attached hydrogens (tertiary/aromatic N) is 1. The number of benzene rings is 1. The van der Waals surface area contributed by atoms with Crippen LogP contribution >= 0.6 is 0 Å². The van der Waals surface area contributed by atoms with Gasteiger partial charge in [0.25, 0.3) is 0 Å². The molecule has 2 N–H and O–H groups in total. The second-order valence-corrected chi connectivity index (χ2v) is 7.12. The molecule has 2 fully saturated rings. The molecular weight excluding hydrogens is 286 g/mol. The Labute approximate surface area is 139 Å². The zero-order valence-electron chi connectivity index (χ0n) is 14.2. The van der Waals surface area contributed by atoms with Gasteiger partial charge in [-0.1, -0.05) is 18.2 Å². The van der Waals surface area contributed by atoms with Crippen LogP contribution in [-0.4, -0.2) is 39.1 Å². The topological polar surface area (TPSA) is 44.4 Å². The van der Waals surface area contributed by atoms with Crippen LogP contribution in [0.3, 0.4) is 0 Å². The van der Waals surface area contributed by atoms with Gasteiger partial charge >= 0.3 is 0 Å². The minimum absolute atomic E-state index is 0.289. The molecule has 4 heteroatoms. The van der Waals surface area contributed by atoms with Crippen molar-refractivity contribution in [1.82, 2.24) is 10.6 Å². The number of carbonyl (C=O) groups is 1. The van der Waals surface area contributed by atoms with E-state index in [1.807, 2.05) is 6.07 Å². The highest BCUT2D eigenvalue weighted by Crippen LogP contribution is 2.58. The Morgan fingerprint density at radius 3 is 2.74 bits per heavy atom. The van der Waals surface area contributed by atoms with E-state index in [1.165, 1.54) is 18.5 Å². The first-order valence-electron chi connectivity index (χ1n) is 8.96. The lowest BCUT2D eigenvalue weighted by Gasteiger charge is -2.23. The molecule has 1 aliphatic carbocycles. The number of para-hydroxylation sites is 1. The summed E-state index contributed by atoms with van der Waals surface area (Å²) in [6.07, 6.45) is 5.60. The Balaban J connectivity index is 1.29. The summed E-state index contributed by atoms with van der Waals surface area (Å²) in [6.45, 7) is 4.00. The third-order valence-electron chi connectivity index (χ3n) is 5.52. The van der Waals surface area contributed by atoms with Crippen molar-refractivity contribution in [1.29, 1.82) is 0 Å². The smallest absolute Gasteiger partial charge is 0.223 e. The molecule has 1 saturated heterocycles. The predicted molar refractivity (Wildman–Crippen MR) is 94.6 cm³/mol. The Kier molecular flexibility index (Phi) is 5.21. The molecule has 2 aliphatic rings. The average molecular weight is 315 g/mol. The second-order valence-electron chi connectivity index (χ2n) is 7.12. The van der Waals surface area contributed by atoms with Crippen LogP contribution in [0.5, 0.6) is 0 Å². The Morgan fingerprint density at radius 1 is 1.26 bits per heavy atom. The van der Waals surface area contributed by atoms with Gasteiger partial charge in [-0.05, 0) is 62.7 Å². The van der Waals surface area contributed by atoms with Crippen LogP contribution in [0.4, 0.5) is 5.69 Å². The van der Waals surface area contributed by atoms with Gasteiger partial charge in [0, 0.05) is 31.7 Å². The SMILES string of the molecule is CN(CCCCNC(=O)C1CC12CCNCC2)c1ccccc1. The van der Waals surface area contributed by atoms with Crippen LogP contribution in [0.1, 0.15) is 32.1 Å². The van der Waals surface area contributed by atoms with E-state index < -0.39 is 0 Å². The zero-order valence-corrected chi connectivity index (χ0v) is 14.2. The Hall–Kier alpha value is -1.55. The van der Waals surface area contributed by atoms with Gasteiger partial charge in [-0.2, -0.15) is 0 Å². The lowest BCUT2D eigenvalue weighted by molar-refractivity contribution is -0.123. The monoisotopic (exact) mass is 315 g/mol. The van der Waals surface area contributed by atoms with E-state index in [-0.39, 0.29) is 5.92 Å². The number of anilines is 1. The fraction of sp³-hybridized carbons (Fsp3) is 0.632. The minimum Gasteiger partial charge on any atom is -0.375 e. The molecule has 0 bridgehead atoms. The molecule has 1 heterocycles. The molecule has 4 nitrogen and oxygen atoms in total. The molecule has 3 rings (SSSR count). The van der Waals surface area contributed by atoms with Gasteiger partial charge in [0.1, 0.15) is 0 Å². The number of hydrogen-bond donors (Lipinski definition) is 2. The van der Waals surface area contributed by atoms with Crippen molar-refractivity contribution in [3.8, 4) is 0 Å². The van der Waals surface area contributed by atoms with E-state index in [4.69, 9.17) is 0 Å². The van der Waals surface area contributed by atoms with Gasteiger partial charge in [-0.25, -0.2) is 0 Å². The Bertz CT molecular complexity index is 511. The first kappa shape index (κ1) is 16.3. The summed E-state index contributed by atoms with van der Waals surface area (Å²) < 4.78 is 0. The van der Waals surface area contributed by atoms with Crippen LogP contribution < -0.4 is 15.5 Å². The second kappa shape index (κ2) is 7.35. The molecule has 1 spiro atoms. The zero-order chi connectivity index (χ0) is 16.1. The third kappa shape index (κ3) is 4.05. The van der Waals surface area contributed by atoms with Gasteiger partial charge < -0.3 is 15.5 Å². The maximum atomic E-state index is 12.3. The maximum absolute atomic E-state index is 12.3. The van der Waals surface area contributed by atoms with E-state index in [1.54, 1.807) is 0 Å². The molecule has 0 aromatic heterocycles. The first-order chi connectivity index (χ1) is 11.2. The van der Waals surface area contributed by atoms with E-state index in [0.717, 1.165) is 45.4 Å². The molecule has 1 atom stereocenters. The lowest BCUT2D eigenvalue weighted by Crippen LogP contribution is -2.34. The van der Waals surface area contributed by atoms with E-state index in [0.29, 0.717) is 11.3 Å². The summed E-state index contributed by atoms with van der Waals surface area (Å²) in [5, 5.41) is 6.54. The van der Waals surface area contributed by atoms with Crippen LogP contribution in [0, 0.1) is 11.3 Å². The van der Waals surface area contributed by atoms with Crippen molar-refractivity contribution in [3.05, 3.63) is 30.3 Å². The molecule has 1 aromatic carbocycles. The number of unbranched alkanes of at least 4 members (excludes halogenated alkanes) is 1. The molecule has 1 amide bonds. The summed E-state index contributed by atoms with van der Waals surface area (Å²) in [4.78, 5) is 14.5. The third-order valence-corrected chi connectivity index (χ3v) is 5.52. The molecule has 1 aromatic rings. The van der Waals surface area contributed by atoms with Crippen molar-refractivity contribution < 1.29 is 4.79 Å². The van der Waals surface area contributed by atoms with Gasteiger partial charge in [-0.15, -0.1) is 0 Å². The molecule has 1 aliphatic heterocycles. The number of nitrogens with one attached hydrogen (secondary N) is 2. The highest BCUT2D eigenvalue weighted by molar-refractivity contribution is 5.82. The number of carbonyl (C=O) groups excluding carboxylic acids is 1. The van der Waals surface area contributed by atoms with Crippen LogP contribution in [0.25, 0.3) is 0 Å². The Morgan fingerprint density at radius 2 is 2.00 bits per heavy atom. The fourth-order valence-electron chi connectivity index (χ4n) is 3.82. The number of rotatable bonds is 7. The largest absolute Gasteiger partial charge is 0.375 e. The predicted octanol–water partition coefficient (Wildman–Crippen LogP) is 2.41. The molecule has 126 valence electrons. The lowest BCUT2D eigenvalue weighted by atomic mass is 9.92. The average Bonchev–Trinajstić information content (AvgIpc) is 3.28. The summed E-state index contributed by atoms with van der Waals surface area (Å²) in [5.41, 5.74) is 1.60. The van der Waals surface area contributed by atoms with E-state index in [2.05, 4.69) is 46.8 Å². The van der Waals surface area contributed by atoms with Crippen molar-refractivity contribution in [2.75, 3.05) is 38.1 Å². The van der Waals surface area contributed by atoms with Crippen LogP contribution in [0.2, 0.25) is 0 Å². The normalized spacial score (nSPS) is 21.9. The molecule has 1 saturated carbocycles. The van der Waals surface area contributed by atoms with Crippen molar-refractivity contribution >= 4 is 11.6 Å². The van der Waals surface area contributed by atoms with Gasteiger partial charge in [0.2, 0.25) is 5.91 Å². The van der Waals surface area contributed by atoms with Gasteiger partial charge in [-0.3, -0.25) is 4.79 Å². The van der Waals surface area contributed by atoms with Crippen LogP contribution in [0.15, 0.2) is 30.3 Å². The highest BCUT2D eigenvalue weighted by atomic mass is 16.2. The number of piperidine rings is 1. The summed E-state index contributed by atoms with van der Waals surface area (Å²) in [5.74, 6) is 0.583. The van der Waals surface area contributed by atoms with E-state index in [9.17, 15) is 4.79 Å². The summed E-state index contributed by atoms with van der Waals surface area (Å²) in [6, 6.07) is 10.4. The number of amides is 1. The van der Waals surface area contributed by atoms with Gasteiger partial charge in [0.05, 0.1) is 0 Å². The maximum Gasteiger partial charge on any atom is 0.223 e. The highest BCUT2D eigenvalue weighted by Gasteiger charge is 2.57. The minimum atomic E-state index is 0.289. The quantitative estimate of drug-likeness (QED) is 0.760. The van der Waals surface area contributed by atoms with Crippen molar-refractivity contribution in [3.63, 3.8) is 0 Å². The summed E-state index contributed by atoms with van der Waals surface area (Å²) >= 11 is 0. The number of hydrogen-bond acceptors (Lipinski definition) is 3. The molecule has 23 heavy (non-hydrogen) atoms. The fourth-order valence-corrected chi connectivity index (χ4v) is 3.82. The molecular formula is C19H29N3O. The van der Waals surface area contributed by atoms with Crippen molar-refractivity contribution in [2.45, 2.75) is 32.1 Å². The van der Waals surface area contributed by atoms with Gasteiger partial charge in [0.15, 0.2) is 0 Å². The first-order valence-corrected chi connectivity index (χ1v) is 8.96.